The molecule has 0 aliphatic heterocycles. The Hall–Kier alpha value is -1.17. The van der Waals surface area contributed by atoms with Crippen LogP contribution in [-0.2, 0) is 14.6 Å². The highest BCUT2D eigenvalue weighted by atomic mass is 32.2. The number of hydrogen-bond acceptors (Lipinski definition) is 4. The number of hydrogen-bond donors (Lipinski definition) is 1. The van der Waals surface area contributed by atoms with Gasteiger partial charge in [-0.25, -0.2) is 8.42 Å². The first-order valence-electron chi connectivity index (χ1n) is 15.1. The normalized spacial score (nSPS) is 45.7. The van der Waals surface area contributed by atoms with Crippen LogP contribution in [0.15, 0.2) is 47.4 Å². The van der Waals surface area contributed by atoms with Gasteiger partial charge in [0.05, 0.1) is 17.1 Å². The van der Waals surface area contributed by atoms with E-state index < -0.39 is 21.2 Å². The van der Waals surface area contributed by atoms with Crippen molar-refractivity contribution in [1.29, 1.82) is 0 Å². The fourth-order valence-corrected chi connectivity index (χ4v) is 13.5. The van der Waals surface area contributed by atoms with Crippen molar-refractivity contribution in [3.05, 3.63) is 42.5 Å². The van der Waals surface area contributed by atoms with E-state index in [9.17, 15) is 13.5 Å². The van der Waals surface area contributed by atoms with E-state index >= 15 is 0 Å². The summed E-state index contributed by atoms with van der Waals surface area (Å²) in [6.45, 7) is 13.0. The largest absolute Gasteiger partial charge is 0.391 e. The molecule has 38 heavy (non-hydrogen) atoms. The second-order valence-electron chi connectivity index (χ2n) is 14.4. The minimum atomic E-state index is -3.74. The quantitative estimate of drug-likeness (QED) is 0.392. The number of benzene rings is 1. The van der Waals surface area contributed by atoms with E-state index in [-0.39, 0.29) is 16.2 Å². The summed E-state index contributed by atoms with van der Waals surface area (Å²) >= 11 is 0. The minimum absolute atomic E-state index is 0.121. The summed E-state index contributed by atoms with van der Waals surface area (Å²) in [6, 6.07) is 8.57. The first kappa shape index (κ1) is 27.0. The van der Waals surface area contributed by atoms with Crippen molar-refractivity contribution in [1.82, 2.24) is 0 Å². The van der Waals surface area contributed by atoms with Gasteiger partial charge in [0, 0.05) is 12.5 Å². The highest BCUT2D eigenvalue weighted by Gasteiger charge is 2.77. The lowest BCUT2D eigenvalue weighted by atomic mass is 9.45. The Balaban J connectivity index is 1.27. The van der Waals surface area contributed by atoms with Gasteiger partial charge in [0.25, 0.3) is 0 Å². The minimum Gasteiger partial charge on any atom is -0.391 e. The summed E-state index contributed by atoms with van der Waals surface area (Å²) in [5.74, 6) is 3.14. The van der Waals surface area contributed by atoms with Crippen LogP contribution in [0.1, 0.15) is 79.1 Å². The van der Waals surface area contributed by atoms with E-state index in [4.69, 9.17) is 4.74 Å². The van der Waals surface area contributed by atoms with Crippen molar-refractivity contribution < 1.29 is 18.3 Å². The van der Waals surface area contributed by atoms with Crippen molar-refractivity contribution in [3.63, 3.8) is 0 Å². The van der Waals surface area contributed by atoms with Crippen molar-refractivity contribution in [2.45, 2.75) is 101 Å². The summed E-state index contributed by atoms with van der Waals surface area (Å²) in [6.07, 6.45) is 9.42. The predicted octanol–water partition coefficient (Wildman–Crippen LogP) is 6.69. The molecule has 210 valence electrons. The Morgan fingerprint density at radius 1 is 1.08 bits per heavy atom. The van der Waals surface area contributed by atoms with Gasteiger partial charge < -0.3 is 9.84 Å². The number of fused-ring (bicyclic) bond motifs is 4. The lowest BCUT2D eigenvalue weighted by Gasteiger charge is -2.61. The summed E-state index contributed by atoms with van der Waals surface area (Å²) in [5, 5.41) is 10.8. The van der Waals surface area contributed by atoms with Gasteiger partial charge in [-0.05, 0) is 117 Å². The Labute approximate surface area is 230 Å². The van der Waals surface area contributed by atoms with Crippen LogP contribution < -0.4 is 0 Å². The SMILES string of the molecule is C=C(C)C([C@H](O)[C@@H](C)[C@H]1CC[C@H]2[C@@H]3C[C@@H](OC)[C@]45C[C@H]4CC[C@]5(C)[C@H]3CC[C@]12C)S(=O)(=O)c1ccccc1. The standard InChI is InChI=1S/C33H48O4S/c1-20(2)30(38(35,36)23-10-8-7-9-11-23)29(34)21(3)25-12-13-26-24-18-28(37-6)33-19-22(33)14-17-32(33,5)27(24)15-16-31(25,26)4/h7-11,21-22,24-30,34H,1,12-19H2,2-6H3/t21-,22+,24-,25+,26-,27-,28+,29+,30?,31+,32+,33-/m0/s1. The molecule has 5 fully saturated rings. The third-order valence-corrected chi connectivity index (χ3v) is 15.6. The zero-order chi connectivity index (χ0) is 27.3. The van der Waals surface area contributed by atoms with Crippen molar-refractivity contribution in [3.8, 4) is 0 Å². The van der Waals surface area contributed by atoms with E-state index in [0.29, 0.717) is 40.3 Å². The van der Waals surface area contributed by atoms with Crippen molar-refractivity contribution in [2.24, 2.45) is 51.8 Å². The van der Waals surface area contributed by atoms with Crippen LogP contribution in [0, 0.1) is 51.8 Å². The van der Waals surface area contributed by atoms with Crippen molar-refractivity contribution >= 4 is 9.84 Å². The number of rotatable bonds is 7. The zero-order valence-corrected chi connectivity index (χ0v) is 24.8. The van der Waals surface area contributed by atoms with Crippen LogP contribution in [-0.4, -0.2) is 38.1 Å². The molecule has 1 spiro atoms. The van der Waals surface area contributed by atoms with Crippen LogP contribution in [0.3, 0.4) is 0 Å². The molecule has 4 nitrogen and oxygen atoms in total. The third kappa shape index (κ3) is 3.43. The van der Waals surface area contributed by atoms with Gasteiger partial charge in [-0.2, -0.15) is 0 Å². The second kappa shape index (κ2) is 8.91. The lowest BCUT2D eigenvalue weighted by molar-refractivity contribution is -0.162. The molecule has 0 saturated heterocycles. The maximum absolute atomic E-state index is 13.7. The average Bonchev–Trinajstić information content (AvgIpc) is 3.39. The Morgan fingerprint density at radius 2 is 1.79 bits per heavy atom. The lowest BCUT2D eigenvalue weighted by Crippen LogP contribution is -2.57. The summed E-state index contributed by atoms with van der Waals surface area (Å²) in [7, 11) is -1.80. The molecule has 0 bridgehead atoms. The molecule has 0 aromatic heterocycles. The maximum Gasteiger partial charge on any atom is 0.187 e. The summed E-state index contributed by atoms with van der Waals surface area (Å²) in [4.78, 5) is 0.264. The van der Waals surface area contributed by atoms with Gasteiger partial charge in [-0.15, -0.1) is 0 Å². The first-order valence-corrected chi connectivity index (χ1v) is 16.6. The molecule has 6 rings (SSSR count). The summed E-state index contributed by atoms with van der Waals surface area (Å²) < 4.78 is 33.7. The molecule has 5 heteroatoms. The molecule has 12 atom stereocenters. The molecule has 1 aromatic rings. The van der Waals surface area contributed by atoms with Gasteiger partial charge in [0.15, 0.2) is 9.84 Å². The van der Waals surface area contributed by atoms with Crippen LogP contribution in [0.2, 0.25) is 0 Å². The monoisotopic (exact) mass is 540 g/mol. The van der Waals surface area contributed by atoms with E-state index in [1.54, 1.807) is 31.2 Å². The zero-order valence-electron chi connectivity index (χ0n) is 24.0. The molecular weight excluding hydrogens is 492 g/mol. The Morgan fingerprint density at radius 3 is 2.42 bits per heavy atom. The fourth-order valence-electron chi connectivity index (χ4n) is 11.5. The fraction of sp³-hybridized carbons (Fsp3) is 0.758. The molecule has 5 aliphatic rings. The Bertz CT molecular complexity index is 1190. The van der Waals surface area contributed by atoms with E-state index in [1.807, 2.05) is 13.2 Å². The van der Waals surface area contributed by atoms with Crippen LogP contribution >= 0.6 is 0 Å². The number of methoxy groups -OCH3 is 1. The third-order valence-electron chi connectivity index (χ3n) is 13.3. The molecule has 1 N–H and O–H groups in total. The van der Waals surface area contributed by atoms with Crippen LogP contribution in [0.25, 0.3) is 0 Å². The highest BCUT2D eigenvalue weighted by Crippen LogP contribution is 2.82. The number of sulfone groups is 1. The molecule has 0 amide bonds. The smallest absolute Gasteiger partial charge is 0.187 e. The highest BCUT2D eigenvalue weighted by molar-refractivity contribution is 7.92. The van der Waals surface area contributed by atoms with E-state index in [0.717, 1.165) is 18.3 Å². The number of aliphatic hydroxyl groups excluding tert-OH is 1. The molecule has 1 aromatic carbocycles. The Kier molecular flexibility index (Phi) is 6.34. The maximum atomic E-state index is 13.7. The van der Waals surface area contributed by atoms with Gasteiger partial charge in [0.1, 0.15) is 5.25 Å². The molecule has 0 heterocycles. The van der Waals surface area contributed by atoms with Gasteiger partial charge in [0.2, 0.25) is 0 Å². The van der Waals surface area contributed by atoms with Gasteiger partial charge >= 0.3 is 0 Å². The molecule has 5 aliphatic carbocycles. The van der Waals surface area contributed by atoms with Crippen LogP contribution in [0.4, 0.5) is 0 Å². The molecular formula is C33H48O4S. The van der Waals surface area contributed by atoms with Crippen molar-refractivity contribution in [2.75, 3.05) is 7.11 Å². The predicted molar refractivity (Wildman–Crippen MR) is 151 cm³/mol. The van der Waals surface area contributed by atoms with E-state index in [1.165, 1.54) is 44.9 Å². The van der Waals surface area contributed by atoms with Gasteiger partial charge in [-0.3, -0.25) is 0 Å². The number of aliphatic hydroxyl groups is 1. The van der Waals surface area contributed by atoms with Crippen LogP contribution in [0.5, 0.6) is 0 Å². The average molecular weight is 541 g/mol. The second-order valence-corrected chi connectivity index (χ2v) is 16.5. The summed E-state index contributed by atoms with van der Waals surface area (Å²) in [5.41, 5.74) is 1.47. The molecule has 1 unspecified atom stereocenters. The van der Waals surface area contributed by atoms with E-state index in [2.05, 4.69) is 27.4 Å². The first-order chi connectivity index (χ1) is 17.9. The number of ether oxygens (including phenoxy) is 1. The molecule has 5 saturated carbocycles. The van der Waals surface area contributed by atoms with Gasteiger partial charge in [-0.1, -0.05) is 51.1 Å². The molecule has 0 radical (unpaired) electrons. The topological polar surface area (TPSA) is 63.6 Å².